The van der Waals surface area contributed by atoms with Gasteiger partial charge in [-0.15, -0.1) is 0 Å². The summed E-state index contributed by atoms with van der Waals surface area (Å²) in [4.78, 5) is 6.91. The van der Waals surface area contributed by atoms with Crippen molar-refractivity contribution in [1.82, 2.24) is 14.6 Å². The van der Waals surface area contributed by atoms with Crippen molar-refractivity contribution in [2.75, 3.05) is 19.6 Å². The Morgan fingerprint density at radius 2 is 1.67 bits per heavy atom. The summed E-state index contributed by atoms with van der Waals surface area (Å²) in [6.07, 6.45) is 5.68. The lowest BCUT2D eigenvalue weighted by Gasteiger charge is -2.32. The number of sulfonamides is 1. The van der Waals surface area contributed by atoms with E-state index in [0.29, 0.717) is 17.4 Å². The zero-order chi connectivity index (χ0) is 19.4. The fourth-order valence-corrected chi connectivity index (χ4v) is 5.55. The molecule has 0 atom stereocenters. The Morgan fingerprint density at radius 3 is 2.26 bits per heavy atom. The number of rotatable bonds is 6. The summed E-state index contributed by atoms with van der Waals surface area (Å²) < 4.78 is 28.5. The Kier molecular flexibility index (Phi) is 6.29. The van der Waals surface area contributed by atoms with Gasteiger partial charge in [0.2, 0.25) is 10.0 Å². The second-order valence-corrected chi connectivity index (χ2v) is 9.36. The van der Waals surface area contributed by atoms with Crippen molar-refractivity contribution in [2.24, 2.45) is 5.92 Å². The van der Waals surface area contributed by atoms with Crippen molar-refractivity contribution < 1.29 is 8.42 Å². The number of aromatic nitrogens is 1. The van der Waals surface area contributed by atoms with Gasteiger partial charge in [-0.2, -0.15) is 0 Å². The quantitative estimate of drug-likeness (QED) is 0.827. The first-order valence-electron chi connectivity index (χ1n) is 9.54. The minimum absolute atomic E-state index is 0.388. The van der Waals surface area contributed by atoms with Crippen molar-refractivity contribution in [2.45, 2.75) is 45.1 Å². The molecule has 0 aliphatic carbocycles. The van der Waals surface area contributed by atoms with E-state index in [1.54, 1.807) is 0 Å². The third-order valence-electron chi connectivity index (χ3n) is 5.30. The molecule has 1 aromatic carbocycles. The SMILES string of the molecule is Cc1cc(C)c(S(=O)(=O)NCC2CCN(Cc3ccncc3)CC2)c(C)c1. The molecule has 1 aliphatic heterocycles. The number of nitrogens with one attached hydrogen (secondary N) is 1. The molecule has 3 rings (SSSR count). The molecule has 0 bridgehead atoms. The second-order valence-electron chi connectivity index (χ2n) is 7.65. The van der Waals surface area contributed by atoms with Gasteiger partial charge in [0.05, 0.1) is 4.90 Å². The topological polar surface area (TPSA) is 62.3 Å². The Morgan fingerprint density at radius 1 is 1.07 bits per heavy atom. The van der Waals surface area contributed by atoms with Gasteiger partial charge in [0.15, 0.2) is 0 Å². The lowest BCUT2D eigenvalue weighted by atomic mass is 9.97. The van der Waals surface area contributed by atoms with E-state index >= 15 is 0 Å². The van der Waals surface area contributed by atoms with Crippen LogP contribution in [0.15, 0.2) is 41.6 Å². The van der Waals surface area contributed by atoms with Gasteiger partial charge < -0.3 is 0 Å². The average Bonchev–Trinajstić information content (AvgIpc) is 2.61. The highest BCUT2D eigenvalue weighted by Gasteiger charge is 2.24. The lowest BCUT2D eigenvalue weighted by Crippen LogP contribution is -2.38. The molecule has 0 spiro atoms. The van der Waals surface area contributed by atoms with Gasteiger partial charge in [-0.05, 0) is 81.4 Å². The molecule has 2 heterocycles. The summed E-state index contributed by atoms with van der Waals surface area (Å²) in [5, 5.41) is 0. The molecular weight excluding hydrogens is 358 g/mol. The van der Waals surface area contributed by atoms with Crippen molar-refractivity contribution in [3.8, 4) is 0 Å². The molecule has 146 valence electrons. The van der Waals surface area contributed by atoms with Crippen LogP contribution in [-0.4, -0.2) is 37.9 Å². The summed E-state index contributed by atoms with van der Waals surface area (Å²) >= 11 is 0. The van der Waals surface area contributed by atoms with E-state index in [1.807, 2.05) is 57.4 Å². The summed E-state index contributed by atoms with van der Waals surface area (Å²) in [7, 11) is -3.47. The highest BCUT2D eigenvalue weighted by atomic mass is 32.2. The van der Waals surface area contributed by atoms with Crippen LogP contribution in [0.5, 0.6) is 0 Å². The number of hydrogen-bond donors (Lipinski definition) is 1. The van der Waals surface area contributed by atoms with Crippen LogP contribution in [0.4, 0.5) is 0 Å². The number of aryl methyl sites for hydroxylation is 3. The molecule has 1 fully saturated rings. The molecule has 0 amide bonds. The average molecular weight is 388 g/mol. The van der Waals surface area contributed by atoms with Crippen molar-refractivity contribution >= 4 is 10.0 Å². The normalized spacial score (nSPS) is 16.6. The van der Waals surface area contributed by atoms with Crippen molar-refractivity contribution in [3.63, 3.8) is 0 Å². The van der Waals surface area contributed by atoms with Crippen LogP contribution in [0.1, 0.15) is 35.1 Å². The molecule has 1 saturated heterocycles. The van der Waals surface area contributed by atoms with Crippen LogP contribution in [0.3, 0.4) is 0 Å². The van der Waals surface area contributed by atoms with E-state index in [4.69, 9.17) is 0 Å². The highest BCUT2D eigenvalue weighted by Crippen LogP contribution is 2.23. The molecule has 5 nitrogen and oxygen atoms in total. The summed E-state index contributed by atoms with van der Waals surface area (Å²) in [5.74, 6) is 0.388. The third kappa shape index (κ3) is 5.15. The van der Waals surface area contributed by atoms with E-state index in [-0.39, 0.29) is 0 Å². The summed E-state index contributed by atoms with van der Waals surface area (Å²) in [5.41, 5.74) is 3.99. The minimum atomic E-state index is -3.47. The Balaban J connectivity index is 1.54. The number of pyridine rings is 1. The fraction of sp³-hybridized carbons (Fsp3) is 0.476. The predicted molar refractivity (Wildman–Crippen MR) is 108 cm³/mol. The van der Waals surface area contributed by atoms with E-state index in [9.17, 15) is 8.42 Å². The largest absolute Gasteiger partial charge is 0.299 e. The van der Waals surface area contributed by atoms with Crippen LogP contribution in [0.2, 0.25) is 0 Å². The maximum absolute atomic E-state index is 12.8. The van der Waals surface area contributed by atoms with Crippen LogP contribution in [0, 0.1) is 26.7 Å². The van der Waals surface area contributed by atoms with E-state index in [2.05, 4.69) is 14.6 Å². The van der Waals surface area contributed by atoms with Gasteiger partial charge in [-0.3, -0.25) is 9.88 Å². The minimum Gasteiger partial charge on any atom is -0.299 e. The number of piperidine rings is 1. The monoisotopic (exact) mass is 387 g/mol. The maximum Gasteiger partial charge on any atom is 0.241 e. The smallest absolute Gasteiger partial charge is 0.241 e. The number of benzene rings is 1. The zero-order valence-corrected chi connectivity index (χ0v) is 17.2. The van der Waals surface area contributed by atoms with Gasteiger partial charge in [0.25, 0.3) is 0 Å². The molecule has 1 aromatic heterocycles. The highest BCUT2D eigenvalue weighted by molar-refractivity contribution is 7.89. The number of hydrogen-bond acceptors (Lipinski definition) is 4. The fourth-order valence-electron chi connectivity index (χ4n) is 3.99. The summed E-state index contributed by atoms with van der Waals surface area (Å²) in [6.45, 7) is 9.16. The van der Waals surface area contributed by atoms with Crippen LogP contribution >= 0.6 is 0 Å². The molecule has 27 heavy (non-hydrogen) atoms. The molecule has 1 aliphatic rings. The molecule has 0 unspecified atom stereocenters. The summed E-state index contributed by atoms with van der Waals surface area (Å²) in [6, 6.07) is 7.96. The van der Waals surface area contributed by atoms with E-state index in [1.165, 1.54) is 5.56 Å². The van der Waals surface area contributed by atoms with Crippen LogP contribution in [0.25, 0.3) is 0 Å². The van der Waals surface area contributed by atoms with Crippen LogP contribution < -0.4 is 4.72 Å². The molecule has 1 N–H and O–H groups in total. The van der Waals surface area contributed by atoms with Gasteiger partial charge in [0, 0.05) is 25.5 Å². The van der Waals surface area contributed by atoms with E-state index in [0.717, 1.165) is 49.2 Å². The van der Waals surface area contributed by atoms with Gasteiger partial charge in [-0.25, -0.2) is 13.1 Å². The van der Waals surface area contributed by atoms with Crippen molar-refractivity contribution in [1.29, 1.82) is 0 Å². The van der Waals surface area contributed by atoms with Gasteiger partial charge in [-0.1, -0.05) is 17.7 Å². The molecule has 0 saturated carbocycles. The first-order valence-corrected chi connectivity index (χ1v) is 11.0. The van der Waals surface area contributed by atoms with Crippen LogP contribution in [-0.2, 0) is 16.6 Å². The van der Waals surface area contributed by atoms with Gasteiger partial charge >= 0.3 is 0 Å². The Bertz CT molecular complexity index is 851. The number of likely N-dealkylation sites (tertiary alicyclic amines) is 1. The first kappa shape index (κ1) is 20.0. The van der Waals surface area contributed by atoms with E-state index < -0.39 is 10.0 Å². The number of nitrogens with zero attached hydrogens (tertiary/aromatic N) is 2. The molecule has 2 aromatic rings. The molecular formula is C21H29N3O2S. The third-order valence-corrected chi connectivity index (χ3v) is 7.03. The Hall–Kier alpha value is -1.76. The predicted octanol–water partition coefficient (Wildman–Crippen LogP) is 3.20. The first-order chi connectivity index (χ1) is 12.8. The Labute approximate surface area is 162 Å². The maximum atomic E-state index is 12.8. The second kappa shape index (κ2) is 8.50. The van der Waals surface area contributed by atoms with Gasteiger partial charge in [0.1, 0.15) is 0 Å². The standard InChI is InChI=1S/C21H29N3O2S/c1-16-12-17(2)21(18(3)13-16)27(25,26)23-14-19-6-10-24(11-7-19)15-20-4-8-22-9-5-20/h4-5,8-9,12-13,19,23H,6-7,10-11,14-15H2,1-3H3. The lowest BCUT2D eigenvalue weighted by molar-refractivity contribution is 0.178. The van der Waals surface area contributed by atoms with Crippen molar-refractivity contribution in [3.05, 3.63) is 58.9 Å². The molecule has 6 heteroatoms. The molecule has 0 radical (unpaired) electrons. The zero-order valence-electron chi connectivity index (χ0n) is 16.4.